The summed E-state index contributed by atoms with van der Waals surface area (Å²) in [5.41, 5.74) is 1.45. The van der Waals surface area contributed by atoms with E-state index in [0.29, 0.717) is 40.2 Å². The highest BCUT2D eigenvalue weighted by molar-refractivity contribution is 6.23. The second kappa shape index (κ2) is 7.70. The predicted molar refractivity (Wildman–Crippen MR) is 145 cm³/mol. The largest absolute Gasteiger partial charge is 0.283 e. The van der Waals surface area contributed by atoms with Crippen LogP contribution in [0.5, 0.6) is 0 Å². The second-order valence-electron chi connectivity index (χ2n) is 11.0. The molecule has 198 valence electrons. The van der Waals surface area contributed by atoms with Gasteiger partial charge in [0.05, 0.1) is 39.0 Å². The number of rotatable bonds is 2. The van der Waals surface area contributed by atoms with E-state index in [0.717, 1.165) is 18.4 Å². The number of carbonyl (C=O) groups is 2. The molecule has 4 aliphatic rings. The molecule has 4 aromatic rings. The van der Waals surface area contributed by atoms with E-state index in [4.69, 9.17) is 4.98 Å². The number of benzene rings is 3. The summed E-state index contributed by atoms with van der Waals surface area (Å²) in [7, 11) is 0. The van der Waals surface area contributed by atoms with Crippen molar-refractivity contribution < 1.29 is 14.5 Å². The maximum absolute atomic E-state index is 14.6. The first-order valence-electron chi connectivity index (χ1n) is 13.4. The molecular weight excluding hydrogens is 510 g/mol. The first-order chi connectivity index (χ1) is 19.4. The number of hydrogen-bond donors (Lipinski definition) is 0. The van der Waals surface area contributed by atoms with Gasteiger partial charge in [-0.25, -0.2) is 9.88 Å². The number of nitrogens with zero attached hydrogens (tertiary/aromatic N) is 5. The highest BCUT2D eigenvalue weighted by Gasteiger charge is 2.73. The maximum atomic E-state index is 14.6. The molecule has 10 heteroatoms. The minimum Gasteiger partial charge on any atom is -0.283 e. The van der Waals surface area contributed by atoms with Gasteiger partial charge in [0.2, 0.25) is 11.8 Å². The number of para-hydroxylation sites is 2. The number of nitro groups is 1. The Morgan fingerprint density at radius 2 is 1.75 bits per heavy atom. The Balaban J connectivity index is 1.41. The zero-order chi connectivity index (χ0) is 27.5. The molecule has 4 aliphatic heterocycles. The number of nitro benzene ring substituents is 1. The number of carbonyl (C=O) groups excluding carboxylic acids is 2. The molecular formula is C30H23N5O5. The van der Waals surface area contributed by atoms with Gasteiger partial charge < -0.3 is 0 Å². The first kappa shape index (κ1) is 23.2. The lowest BCUT2D eigenvalue weighted by Gasteiger charge is -2.38. The van der Waals surface area contributed by atoms with Crippen LogP contribution in [0, 0.1) is 28.9 Å². The van der Waals surface area contributed by atoms with Crippen LogP contribution >= 0.6 is 0 Å². The van der Waals surface area contributed by atoms with Crippen molar-refractivity contribution in [1.29, 1.82) is 0 Å². The molecule has 2 amide bonds. The molecule has 1 aromatic heterocycles. The molecule has 0 saturated carbocycles. The summed E-state index contributed by atoms with van der Waals surface area (Å²) in [6.45, 7) is 2.34. The molecule has 3 aromatic carbocycles. The Bertz CT molecular complexity index is 1900. The van der Waals surface area contributed by atoms with Gasteiger partial charge in [0.25, 0.3) is 11.2 Å². The summed E-state index contributed by atoms with van der Waals surface area (Å²) in [5, 5.41) is 11.8. The highest BCUT2D eigenvalue weighted by Crippen LogP contribution is 2.62. The Hall–Kier alpha value is -4.70. The SMILES string of the molecule is Cc1cc([N+](=O)[O-])ccc1N1C(=O)[C@H]2[C@@H]3CCCN3[C@@]3(c4ccccc4-n4c3nc3ccccc3c4=O)[C@H]2C1=O. The van der Waals surface area contributed by atoms with E-state index < -0.39 is 22.3 Å². The topological polar surface area (TPSA) is 119 Å². The van der Waals surface area contributed by atoms with E-state index in [1.165, 1.54) is 23.1 Å². The van der Waals surface area contributed by atoms with Gasteiger partial charge in [-0.2, -0.15) is 0 Å². The Morgan fingerprint density at radius 3 is 2.55 bits per heavy atom. The molecule has 5 heterocycles. The zero-order valence-electron chi connectivity index (χ0n) is 21.5. The van der Waals surface area contributed by atoms with Crippen LogP contribution in [-0.4, -0.2) is 43.8 Å². The predicted octanol–water partition coefficient (Wildman–Crippen LogP) is 3.44. The van der Waals surface area contributed by atoms with Crippen molar-refractivity contribution >= 4 is 34.1 Å². The Kier molecular flexibility index (Phi) is 4.47. The van der Waals surface area contributed by atoms with Crippen LogP contribution in [0.15, 0.2) is 71.5 Å². The number of imide groups is 1. The average Bonchev–Trinajstić information content (AvgIpc) is 3.66. The molecule has 1 spiro atoms. The fraction of sp³-hybridized carbons (Fsp3) is 0.267. The molecule has 40 heavy (non-hydrogen) atoms. The molecule has 0 radical (unpaired) electrons. The lowest BCUT2D eigenvalue weighted by Crippen LogP contribution is -2.51. The Morgan fingerprint density at radius 1 is 0.975 bits per heavy atom. The van der Waals surface area contributed by atoms with Gasteiger partial charge in [0, 0.05) is 23.7 Å². The normalized spacial score (nSPS) is 26.4. The van der Waals surface area contributed by atoms with Crippen LogP contribution in [0.1, 0.15) is 29.8 Å². The van der Waals surface area contributed by atoms with Crippen LogP contribution in [0.3, 0.4) is 0 Å². The fourth-order valence-corrected chi connectivity index (χ4v) is 7.86. The summed E-state index contributed by atoms with van der Waals surface area (Å²) in [6, 6.07) is 18.8. The molecule has 0 aliphatic carbocycles. The van der Waals surface area contributed by atoms with Gasteiger partial charge in [0.15, 0.2) is 0 Å². The van der Waals surface area contributed by atoms with Gasteiger partial charge >= 0.3 is 0 Å². The van der Waals surface area contributed by atoms with E-state index in [1.807, 2.05) is 30.3 Å². The third kappa shape index (κ3) is 2.57. The summed E-state index contributed by atoms with van der Waals surface area (Å²) >= 11 is 0. The fourth-order valence-electron chi connectivity index (χ4n) is 7.86. The Labute approximate surface area is 227 Å². The van der Waals surface area contributed by atoms with Crippen LogP contribution < -0.4 is 10.5 Å². The number of fused-ring (bicyclic) bond motifs is 11. The minimum atomic E-state index is -1.10. The molecule has 10 nitrogen and oxygen atoms in total. The molecule has 3 fully saturated rings. The van der Waals surface area contributed by atoms with Crippen molar-refractivity contribution in [2.75, 3.05) is 11.4 Å². The number of non-ortho nitro benzene ring substituents is 1. The van der Waals surface area contributed by atoms with Crippen LogP contribution in [0.2, 0.25) is 0 Å². The van der Waals surface area contributed by atoms with Crippen LogP contribution in [-0.2, 0) is 15.1 Å². The monoisotopic (exact) mass is 533 g/mol. The van der Waals surface area contributed by atoms with E-state index in [1.54, 1.807) is 29.7 Å². The average molecular weight is 534 g/mol. The van der Waals surface area contributed by atoms with Crippen molar-refractivity contribution in [3.05, 3.63) is 104 Å². The molecule has 0 bridgehead atoms. The quantitative estimate of drug-likeness (QED) is 0.220. The van der Waals surface area contributed by atoms with Crippen molar-refractivity contribution in [3.8, 4) is 5.69 Å². The van der Waals surface area contributed by atoms with E-state index in [9.17, 15) is 24.5 Å². The third-order valence-corrected chi connectivity index (χ3v) is 9.27. The number of aromatic nitrogens is 2. The number of anilines is 1. The van der Waals surface area contributed by atoms with Crippen molar-refractivity contribution in [2.24, 2.45) is 11.8 Å². The third-order valence-electron chi connectivity index (χ3n) is 9.27. The summed E-state index contributed by atoms with van der Waals surface area (Å²) < 4.78 is 1.63. The standard InChI is InChI=1S/C30H23N5O5/c1-16-15-17(35(39)40)12-13-21(16)33-27(37)24-23-11-6-14-32(23)30(25(24)28(33)38)19-8-3-5-10-22(19)34-26(36)18-7-2-4-9-20(18)31-29(30)34/h2-5,7-10,12-13,15,23-25H,6,11,14H2,1H3/t23-,24-,25+,30-/m0/s1. The van der Waals surface area contributed by atoms with Crippen molar-refractivity contribution in [2.45, 2.75) is 31.3 Å². The summed E-state index contributed by atoms with van der Waals surface area (Å²) in [6.07, 6.45) is 1.60. The molecule has 4 atom stereocenters. The lowest BCUT2D eigenvalue weighted by atomic mass is 9.75. The molecule has 8 rings (SSSR count). The van der Waals surface area contributed by atoms with Gasteiger partial charge in [0.1, 0.15) is 11.4 Å². The van der Waals surface area contributed by atoms with Gasteiger partial charge in [-0.15, -0.1) is 0 Å². The summed E-state index contributed by atoms with van der Waals surface area (Å²) in [4.78, 5) is 62.1. The number of amides is 2. The van der Waals surface area contributed by atoms with Gasteiger partial charge in [-0.3, -0.25) is 34.0 Å². The smallest absolute Gasteiger partial charge is 0.269 e. The van der Waals surface area contributed by atoms with Gasteiger partial charge in [-0.1, -0.05) is 30.3 Å². The zero-order valence-corrected chi connectivity index (χ0v) is 21.5. The van der Waals surface area contributed by atoms with Crippen LogP contribution in [0.25, 0.3) is 16.6 Å². The van der Waals surface area contributed by atoms with Gasteiger partial charge in [-0.05, 0) is 56.1 Å². The minimum absolute atomic E-state index is 0.104. The maximum Gasteiger partial charge on any atom is 0.269 e. The number of hydrogen-bond acceptors (Lipinski definition) is 7. The molecule has 0 N–H and O–H groups in total. The highest BCUT2D eigenvalue weighted by atomic mass is 16.6. The second-order valence-corrected chi connectivity index (χ2v) is 11.0. The van der Waals surface area contributed by atoms with Crippen molar-refractivity contribution in [3.63, 3.8) is 0 Å². The number of aryl methyl sites for hydroxylation is 1. The molecule has 0 unspecified atom stereocenters. The molecule has 3 saturated heterocycles. The van der Waals surface area contributed by atoms with Crippen molar-refractivity contribution in [1.82, 2.24) is 14.5 Å². The summed E-state index contributed by atoms with van der Waals surface area (Å²) in [5.74, 6) is -1.64. The van der Waals surface area contributed by atoms with E-state index in [-0.39, 0.29) is 29.1 Å². The van der Waals surface area contributed by atoms with E-state index >= 15 is 0 Å². The van der Waals surface area contributed by atoms with E-state index in [2.05, 4.69) is 4.90 Å². The lowest BCUT2D eigenvalue weighted by molar-refractivity contribution is -0.384. The van der Waals surface area contributed by atoms with Crippen LogP contribution in [0.4, 0.5) is 11.4 Å². The first-order valence-corrected chi connectivity index (χ1v) is 13.4.